The van der Waals surface area contributed by atoms with Crippen molar-refractivity contribution in [3.8, 4) is 18.2 Å². The number of amides is 3. The third kappa shape index (κ3) is 7.01. The van der Waals surface area contributed by atoms with Gasteiger partial charge in [0.25, 0.3) is 11.8 Å². The number of phenolic OH excluding ortho intramolecular Hbond substituents is 1. The Balaban J connectivity index is 2.36. The van der Waals surface area contributed by atoms with E-state index in [9.17, 15) is 19.5 Å². The molecule has 3 amide bonds. The first-order valence-electron chi connectivity index (χ1n) is 10.4. The van der Waals surface area contributed by atoms with Crippen molar-refractivity contribution < 1.29 is 24.2 Å². The maximum atomic E-state index is 13.3. The van der Waals surface area contributed by atoms with Gasteiger partial charge < -0.3 is 20.5 Å². The molecule has 0 spiro atoms. The van der Waals surface area contributed by atoms with Crippen LogP contribution in [-0.2, 0) is 14.3 Å². The van der Waals surface area contributed by atoms with Crippen molar-refractivity contribution >= 4 is 23.6 Å². The van der Waals surface area contributed by atoms with E-state index < -0.39 is 35.6 Å². The molecule has 2 atom stereocenters. The highest BCUT2D eigenvalue weighted by Gasteiger charge is 2.34. The molecule has 0 saturated carbocycles. The van der Waals surface area contributed by atoms with E-state index in [1.54, 1.807) is 45.0 Å². The van der Waals surface area contributed by atoms with Gasteiger partial charge in [-0.25, -0.2) is 4.79 Å². The summed E-state index contributed by atoms with van der Waals surface area (Å²) in [6.45, 7) is 8.35. The number of phenols is 1. The average Bonchev–Trinajstić information content (AvgIpc) is 2.71. The summed E-state index contributed by atoms with van der Waals surface area (Å²) in [7, 11) is 0. The van der Waals surface area contributed by atoms with Crippen LogP contribution in [0, 0.1) is 19.4 Å². The van der Waals surface area contributed by atoms with Crippen LogP contribution in [0.4, 0.5) is 10.5 Å². The van der Waals surface area contributed by atoms with Gasteiger partial charge in [0.1, 0.15) is 23.4 Å². The van der Waals surface area contributed by atoms with Crippen LogP contribution in [0.15, 0.2) is 48.5 Å². The van der Waals surface area contributed by atoms with E-state index in [-0.39, 0.29) is 5.75 Å². The number of anilines is 1. The van der Waals surface area contributed by atoms with E-state index in [1.165, 1.54) is 19.1 Å². The van der Waals surface area contributed by atoms with Crippen LogP contribution in [0.25, 0.3) is 0 Å². The summed E-state index contributed by atoms with van der Waals surface area (Å²) >= 11 is 0. The summed E-state index contributed by atoms with van der Waals surface area (Å²) in [5, 5.41) is 15.2. The van der Waals surface area contributed by atoms with E-state index in [2.05, 4.69) is 16.7 Å². The topological polar surface area (TPSA) is 108 Å². The summed E-state index contributed by atoms with van der Waals surface area (Å²) in [4.78, 5) is 39.5. The van der Waals surface area contributed by atoms with E-state index in [0.29, 0.717) is 11.3 Å². The van der Waals surface area contributed by atoms with Gasteiger partial charge in [0, 0.05) is 11.7 Å². The maximum Gasteiger partial charge on any atom is 0.408 e. The van der Waals surface area contributed by atoms with Crippen molar-refractivity contribution in [2.24, 2.45) is 0 Å². The minimum Gasteiger partial charge on any atom is -0.508 e. The number of hydrogen-bond acceptors (Lipinski definition) is 5. The summed E-state index contributed by atoms with van der Waals surface area (Å²) in [6, 6.07) is 13.0. The zero-order valence-electron chi connectivity index (χ0n) is 19.4. The number of hydrogen-bond donors (Lipinski definition) is 3. The number of terminal acetylenes is 1. The second kappa shape index (κ2) is 10.6. The normalized spacial score (nSPS) is 12.6. The molecule has 33 heavy (non-hydrogen) atoms. The molecular weight excluding hydrogens is 422 g/mol. The predicted molar refractivity (Wildman–Crippen MR) is 125 cm³/mol. The van der Waals surface area contributed by atoms with Gasteiger partial charge >= 0.3 is 6.09 Å². The molecule has 174 valence electrons. The van der Waals surface area contributed by atoms with Gasteiger partial charge in [-0.1, -0.05) is 36.8 Å². The number of ether oxygens (including phenoxy) is 1. The fraction of sp³-hybridized carbons (Fsp3) is 0.320. The molecule has 0 radical (unpaired) electrons. The number of para-hydroxylation sites is 1. The minimum atomic E-state index is -1.27. The number of aromatic hydroxyl groups is 1. The Morgan fingerprint density at radius 2 is 1.79 bits per heavy atom. The second-order valence-electron chi connectivity index (χ2n) is 8.51. The molecule has 0 aromatic heterocycles. The monoisotopic (exact) mass is 451 g/mol. The molecule has 0 fully saturated rings. The van der Waals surface area contributed by atoms with Gasteiger partial charge in [-0.05, 0) is 63.9 Å². The first-order valence-corrected chi connectivity index (χ1v) is 10.4. The van der Waals surface area contributed by atoms with E-state index >= 15 is 0 Å². The highest BCUT2D eigenvalue weighted by atomic mass is 16.6. The third-order valence-electron chi connectivity index (χ3n) is 4.58. The number of carbonyl (C=O) groups excluding carboxylic acids is 3. The number of aryl methyl sites for hydroxylation is 1. The van der Waals surface area contributed by atoms with Gasteiger partial charge in [0.2, 0.25) is 0 Å². The van der Waals surface area contributed by atoms with E-state index in [4.69, 9.17) is 11.2 Å². The van der Waals surface area contributed by atoms with Crippen LogP contribution < -0.4 is 10.6 Å². The van der Waals surface area contributed by atoms with Crippen molar-refractivity contribution in [2.45, 2.75) is 52.3 Å². The van der Waals surface area contributed by atoms with E-state index in [0.717, 1.165) is 10.5 Å². The Hall–Kier alpha value is -3.99. The molecule has 2 rings (SSSR count). The number of nitrogens with one attached hydrogen (secondary N) is 2. The highest BCUT2D eigenvalue weighted by Crippen LogP contribution is 2.27. The molecule has 0 aliphatic heterocycles. The summed E-state index contributed by atoms with van der Waals surface area (Å²) in [5.74, 6) is -1.37. The molecule has 2 unspecified atom stereocenters. The third-order valence-corrected chi connectivity index (χ3v) is 4.58. The Morgan fingerprint density at radius 3 is 2.36 bits per heavy atom. The molecule has 3 N–H and O–H groups in total. The molecule has 2 aromatic carbocycles. The lowest BCUT2D eigenvalue weighted by molar-refractivity contribution is -0.136. The summed E-state index contributed by atoms with van der Waals surface area (Å²) in [5.41, 5.74) is 0.920. The number of nitrogens with zero attached hydrogens (tertiary/aromatic N) is 1. The first-order chi connectivity index (χ1) is 15.4. The number of benzene rings is 2. The number of carbonyl (C=O) groups is 3. The standard InChI is InChI=1S/C25H29N3O5/c1-7-28(23(31)17(3)26-24(32)33-25(4,5)6)21(18-12-10-13-19(29)15-18)22(30)27-20-14-9-8-11-16(20)2/h1,8-15,17,21,29H,2-6H3,(H,26,32)(H,27,30). The van der Waals surface area contributed by atoms with Crippen molar-refractivity contribution in [3.63, 3.8) is 0 Å². The molecule has 2 aromatic rings. The maximum absolute atomic E-state index is 13.3. The molecule has 0 aliphatic carbocycles. The van der Waals surface area contributed by atoms with Crippen molar-refractivity contribution in [1.82, 2.24) is 10.2 Å². The van der Waals surface area contributed by atoms with E-state index in [1.807, 2.05) is 19.1 Å². The first kappa shape index (κ1) is 25.3. The second-order valence-corrected chi connectivity index (χ2v) is 8.51. The Bertz CT molecular complexity index is 1070. The van der Waals surface area contributed by atoms with Crippen LogP contribution in [0.3, 0.4) is 0 Å². The quantitative estimate of drug-likeness (QED) is 0.458. The van der Waals surface area contributed by atoms with Crippen LogP contribution in [0.2, 0.25) is 0 Å². The van der Waals surface area contributed by atoms with Gasteiger partial charge in [-0.2, -0.15) is 0 Å². The lowest BCUT2D eigenvalue weighted by Crippen LogP contribution is -2.49. The molecule has 8 nitrogen and oxygen atoms in total. The summed E-state index contributed by atoms with van der Waals surface area (Å²) in [6.07, 6.45) is 4.86. The molecule has 8 heteroatoms. The molecule has 0 heterocycles. The SMILES string of the molecule is C#CN(C(=O)C(C)NC(=O)OC(C)(C)C)C(C(=O)Nc1ccccc1C)c1cccc(O)c1. The van der Waals surface area contributed by atoms with Gasteiger partial charge in [0.05, 0.1) is 0 Å². The summed E-state index contributed by atoms with van der Waals surface area (Å²) < 4.78 is 5.19. The molecule has 0 aliphatic rings. The van der Waals surface area contributed by atoms with Gasteiger partial charge in [-0.3, -0.25) is 14.5 Å². The Labute approximate surface area is 193 Å². The largest absolute Gasteiger partial charge is 0.508 e. The van der Waals surface area contributed by atoms with Crippen LogP contribution >= 0.6 is 0 Å². The fourth-order valence-electron chi connectivity index (χ4n) is 3.05. The molecule has 0 saturated heterocycles. The van der Waals surface area contributed by atoms with Crippen LogP contribution in [0.5, 0.6) is 5.75 Å². The smallest absolute Gasteiger partial charge is 0.408 e. The van der Waals surface area contributed by atoms with Crippen molar-refractivity contribution in [3.05, 3.63) is 59.7 Å². The van der Waals surface area contributed by atoms with Crippen LogP contribution in [0.1, 0.15) is 44.9 Å². The average molecular weight is 452 g/mol. The zero-order valence-corrected chi connectivity index (χ0v) is 19.4. The van der Waals surface area contributed by atoms with Gasteiger partial charge in [-0.15, -0.1) is 0 Å². The highest BCUT2D eigenvalue weighted by molar-refractivity contribution is 6.00. The predicted octanol–water partition coefficient (Wildman–Crippen LogP) is 3.71. The minimum absolute atomic E-state index is 0.0921. The van der Waals surface area contributed by atoms with Crippen molar-refractivity contribution in [1.29, 1.82) is 0 Å². The Morgan fingerprint density at radius 1 is 1.12 bits per heavy atom. The molecular formula is C25H29N3O5. The lowest BCUT2D eigenvalue weighted by atomic mass is 10.0. The van der Waals surface area contributed by atoms with Gasteiger partial charge in [0.15, 0.2) is 0 Å². The Kier molecular flexibility index (Phi) is 8.08. The molecule has 0 bridgehead atoms. The lowest BCUT2D eigenvalue weighted by Gasteiger charge is -2.29. The number of alkyl carbamates (subject to hydrolysis) is 1. The van der Waals surface area contributed by atoms with Crippen molar-refractivity contribution in [2.75, 3.05) is 5.32 Å². The number of rotatable bonds is 6. The zero-order chi connectivity index (χ0) is 24.8. The van der Waals surface area contributed by atoms with Crippen LogP contribution in [-0.4, -0.2) is 39.6 Å². The fourth-order valence-corrected chi connectivity index (χ4v) is 3.05.